The van der Waals surface area contributed by atoms with Crippen molar-refractivity contribution < 1.29 is 23.9 Å². The molecular formula is C19H20N2O6. The zero-order valence-electron chi connectivity index (χ0n) is 15.1. The highest BCUT2D eigenvalue weighted by Gasteiger charge is 2.24. The molecule has 1 saturated heterocycles. The molecule has 2 aromatic carbocycles. The smallest absolute Gasteiger partial charge is 0.346 e. The first-order chi connectivity index (χ1) is 13.0. The van der Waals surface area contributed by atoms with Crippen molar-refractivity contribution in [1.82, 2.24) is 0 Å². The first-order valence-corrected chi connectivity index (χ1v) is 8.47. The van der Waals surface area contributed by atoms with Crippen LogP contribution in [0.25, 0.3) is 0 Å². The highest BCUT2D eigenvalue weighted by atomic mass is 16.6. The van der Waals surface area contributed by atoms with Crippen molar-refractivity contribution in [1.29, 1.82) is 0 Å². The van der Waals surface area contributed by atoms with Gasteiger partial charge >= 0.3 is 5.97 Å². The Morgan fingerprint density at radius 3 is 2.56 bits per heavy atom. The number of anilines is 1. The minimum absolute atomic E-state index is 0.133. The average Bonchev–Trinajstić information content (AvgIpc) is 2.69. The number of methoxy groups -OCH3 is 1. The Kier molecular flexibility index (Phi) is 5.56. The van der Waals surface area contributed by atoms with Gasteiger partial charge < -0.3 is 19.1 Å². The van der Waals surface area contributed by atoms with Gasteiger partial charge in [0.2, 0.25) is 0 Å². The Balaban J connectivity index is 1.96. The molecule has 0 saturated carbocycles. The molecule has 27 heavy (non-hydrogen) atoms. The highest BCUT2D eigenvalue weighted by Crippen LogP contribution is 2.31. The molecular weight excluding hydrogens is 352 g/mol. The Hall–Kier alpha value is -3.13. The summed E-state index contributed by atoms with van der Waals surface area (Å²) in [5.41, 5.74) is 1.50. The number of hydrogen-bond acceptors (Lipinski definition) is 7. The van der Waals surface area contributed by atoms with Crippen LogP contribution in [0.15, 0.2) is 36.4 Å². The summed E-state index contributed by atoms with van der Waals surface area (Å²) in [4.78, 5) is 25.4. The zero-order chi connectivity index (χ0) is 19.4. The molecule has 0 aliphatic carbocycles. The van der Waals surface area contributed by atoms with E-state index in [0.717, 1.165) is 5.56 Å². The van der Waals surface area contributed by atoms with E-state index in [-0.39, 0.29) is 17.0 Å². The molecule has 0 unspecified atom stereocenters. The van der Waals surface area contributed by atoms with Gasteiger partial charge in [-0.25, -0.2) is 4.79 Å². The van der Waals surface area contributed by atoms with Crippen LogP contribution in [0.5, 0.6) is 11.5 Å². The van der Waals surface area contributed by atoms with Crippen LogP contribution in [0.1, 0.15) is 15.9 Å². The molecule has 0 amide bonds. The van der Waals surface area contributed by atoms with Crippen molar-refractivity contribution in [3.63, 3.8) is 0 Å². The fourth-order valence-corrected chi connectivity index (χ4v) is 2.90. The Morgan fingerprint density at radius 2 is 1.89 bits per heavy atom. The first-order valence-electron chi connectivity index (χ1n) is 8.47. The van der Waals surface area contributed by atoms with E-state index in [4.69, 9.17) is 14.2 Å². The number of ether oxygens (including phenoxy) is 3. The Morgan fingerprint density at radius 1 is 1.15 bits per heavy atom. The second kappa shape index (κ2) is 8.05. The van der Waals surface area contributed by atoms with Gasteiger partial charge in [0.25, 0.3) is 5.69 Å². The number of carbonyl (C=O) groups is 1. The first kappa shape index (κ1) is 18.7. The van der Waals surface area contributed by atoms with Crippen molar-refractivity contribution in [2.75, 3.05) is 38.3 Å². The molecule has 0 spiro atoms. The third kappa shape index (κ3) is 4.17. The van der Waals surface area contributed by atoms with Gasteiger partial charge in [0.15, 0.2) is 11.5 Å². The number of esters is 1. The van der Waals surface area contributed by atoms with Crippen LogP contribution in [-0.4, -0.2) is 44.3 Å². The second-order valence-corrected chi connectivity index (χ2v) is 6.10. The third-order valence-corrected chi connectivity index (χ3v) is 4.28. The molecule has 2 aromatic rings. The molecule has 0 aromatic heterocycles. The van der Waals surface area contributed by atoms with Crippen LogP contribution in [0.2, 0.25) is 0 Å². The molecule has 142 valence electrons. The van der Waals surface area contributed by atoms with Gasteiger partial charge in [-0.1, -0.05) is 6.07 Å². The minimum atomic E-state index is -0.678. The van der Waals surface area contributed by atoms with Crippen molar-refractivity contribution in [2.24, 2.45) is 0 Å². The second-order valence-electron chi connectivity index (χ2n) is 6.10. The van der Waals surface area contributed by atoms with Crippen LogP contribution in [-0.2, 0) is 4.74 Å². The molecule has 8 heteroatoms. The predicted octanol–water partition coefficient (Wildman–Crippen LogP) is 2.97. The van der Waals surface area contributed by atoms with E-state index in [2.05, 4.69) is 0 Å². The number of nitrogens with zero attached hydrogens (tertiary/aromatic N) is 2. The lowest BCUT2D eigenvalue weighted by Crippen LogP contribution is -2.37. The molecule has 3 rings (SSSR count). The molecule has 0 radical (unpaired) electrons. The number of nitro benzene ring substituents is 1. The van der Waals surface area contributed by atoms with Gasteiger partial charge in [-0.15, -0.1) is 0 Å². The van der Waals surface area contributed by atoms with Crippen molar-refractivity contribution in [3.05, 3.63) is 57.6 Å². The predicted molar refractivity (Wildman–Crippen MR) is 98.8 cm³/mol. The van der Waals surface area contributed by atoms with Crippen LogP contribution < -0.4 is 14.4 Å². The van der Waals surface area contributed by atoms with Crippen LogP contribution in [0, 0.1) is 17.0 Å². The summed E-state index contributed by atoms with van der Waals surface area (Å²) in [5.74, 6) is -0.00316. The Bertz CT molecular complexity index is 861. The van der Waals surface area contributed by atoms with Crippen molar-refractivity contribution in [3.8, 4) is 11.5 Å². The summed E-state index contributed by atoms with van der Waals surface area (Å²) < 4.78 is 16.1. The number of rotatable bonds is 5. The number of nitro groups is 1. The maximum Gasteiger partial charge on any atom is 0.346 e. The zero-order valence-corrected chi connectivity index (χ0v) is 15.1. The maximum atomic E-state index is 12.8. The number of morpholine rings is 1. The van der Waals surface area contributed by atoms with E-state index in [9.17, 15) is 14.9 Å². The van der Waals surface area contributed by atoms with E-state index >= 15 is 0 Å². The van der Waals surface area contributed by atoms with Gasteiger partial charge in [-0.2, -0.15) is 0 Å². The topological polar surface area (TPSA) is 91.1 Å². The molecule has 1 heterocycles. The van der Waals surface area contributed by atoms with E-state index < -0.39 is 10.9 Å². The summed E-state index contributed by atoms with van der Waals surface area (Å²) in [7, 11) is 1.48. The molecule has 1 aliphatic heterocycles. The van der Waals surface area contributed by atoms with Crippen molar-refractivity contribution >= 4 is 17.3 Å². The van der Waals surface area contributed by atoms with Gasteiger partial charge in [-0.3, -0.25) is 10.1 Å². The molecule has 0 N–H and O–H groups in total. The summed E-state index contributed by atoms with van der Waals surface area (Å²) in [6.45, 7) is 4.12. The standard InChI is InChI=1S/C19H20N2O6/c1-13-3-6-17(18(11-13)25-2)27-19(22)15-12-14(21(23)24)4-5-16(15)20-7-9-26-10-8-20/h3-6,11-12H,7-10H2,1-2H3. The summed E-state index contributed by atoms with van der Waals surface area (Å²) >= 11 is 0. The minimum Gasteiger partial charge on any atom is -0.493 e. The van der Waals surface area contributed by atoms with E-state index in [1.54, 1.807) is 24.3 Å². The van der Waals surface area contributed by atoms with Gasteiger partial charge in [-0.05, 0) is 30.7 Å². The van der Waals surface area contributed by atoms with Crippen LogP contribution in [0.3, 0.4) is 0 Å². The molecule has 0 bridgehead atoms. The maximum absolute atomic E-state index is 12.8. The number of non-ortho nitro benzene ring substituents is 1. The lowest BCUT2D eigenvalue weighted by atomic mass is 10.1. The number of benzene rings is 2. The van der Waals surface area contributed by atoms with Crippen molar-refractivity contribution in [2.45, 2.75) is 6.92 Å². The third-order valence-electron chi connectivity index (χ3n) is 4.28. The van der Waals surface area contributed by atoms with Crippen LogP contribution in [0.4, 0.5) is 11.4 Å². The number of aryl methyl sites for hydroxylation is 1. The largest absolute Gasteiger partial charge is 0.493 e. The fourth-order valence-electron chi connectivity index (χ4n) is 2.90. The van der Waals surface area contributed by atoms with Crippen LogP contribution >= 0.6 is 0 Å². The molecule has 1 fully saturated rings. The number of hydrogen-bond donors (Lipinski definition) is 0. The lowest BCUT2D eigenvalue weighted by molar-refractivity contribution is -0.384. The lowest BCUT2D eigenvalue weighted by Gasteiger charge is -2.30. The summed E-state index contributed by atoms with van der Waals surface area (Å²) in [5, 5.41) is 11.2. The fraction of sp³-hybridized carbons (Fsp3) is 0.316. The molecule has 8 nitrogen and oxygen atoms in total. The highest BCUT2D eigenvalue weighted by molar-refractivity contribution is 5.98. The average molecular weight is 372 g/mol. The van der Waals surface area contributed by atoms with Gasteiger partial charge in [0.05, 0.1) is 36.5 Å². The SMILES string of the molecule is COc1cc(C)ccc1OC(=O)c1cc([N+](=O)[O-])ccc1N1CCOCC1. The van der Waals surface area contributed by atoms with E-state index in [1.165, 1.54) is 19.2 Å². The van der Waals surface area contributed by atoms with Gasteiger partial charge in [0, 0.05) is 25.2 Å². The van der Waals surface area contributed by atoms with E-state index in [1.807, 2.05) is 11.8 Å². The Labute approximate surface area is 156 Å². The summed E-state index contributed by atoms with van der Waals surface area (Å²) in [6, 6.07) is 9.38. The quantitative estimate of drug-likeness (QED) is 0.345. The number of carbonyl (C=O) groups excluding carboxylic acids is 1. The normalized spacial score (nSPS) is 13.9. The molecule has 0 atom stereocenters. The monoisotopic (exact) mass is 372 g/mol. The van der Waals surface area contributed by atoms with Gasteiger partial charge in [0.1, 0.15) is 0 Å². The molecule has 1 aliphatic rings. The summed E-state index contributed by atoms with van der Waals surface area (Å²) in [6.07, 6.45) is 0. The van der Waals surface area contributed by atoms with E-state index in [0.29, 0.717) is 37.7 Å².